The summed E-state index contributed by atoms with van der Waals surface area (Å²) in [6.45, 7) is 0. The van der Waals surface area contributed by atoms with Crippen molar-refractivity contribution in [1.29, 1.82) is 0 Å². The molecule has 1 heterocycles. The summed E-state index contributed by atoms with van der Waals surface area (Å²) < 4.78 is 35.4. The molecule has 3 nitrogen and oxygen atoms in total. The quantitative estimate of drug-likeness (QED) is 0.564. The van der Waals surface area contributed by atoms with Gasteiger partial charge in [-0.1, -0.05) is 0 Å². The van der Waals surface area contributed by atoms with Gasteiger partial charge in [0.1, 0.15) is 6.17 Å². The predicted molar refractivity (Wildman–Crippen MR) is 34.6 cm³/mol. The number of hydrogen-bond donors (Lipinski definition) is 1. The monoisotopic (exact) mass is 165 g/mol. The van der Waals surface area contributed by atoms with Crippen molar-refractivity contribution in [3.8, 4) is 0 Å². The average molecular weight is 165 g/mol. The molecule has 0 spiro atoms. The molecule has 1 atom stereocenters. The van der Waals surface area contributed by atoms with E-state index in [1.165, 1.54) is 0 Å². The molecular weight excluding hydrogens is 159 g/mol. The van der Waals surface area contributed by atoms with Gasteiger partial charge in [-0.15, -0.1) is 0 Å². The molecule has 1 aliphatic heterocycles. The topological polar surface area (TPSA) is 50.7 Å². The smallest absolute Gasteiger partial charge is 0.309 e. The molecule has 62 valence electrons. The first-order chi connectivity index (χ1) is 5.00. The van der Waals surface area contributed by atoms with Crippen LogP contribution in [0.25, 0.3) is 0 Å². The van der Waals surface area contributed by atoms with Crippen molar-refractivity contribution in [2.24, 2.45) is 15.7 Å². The van der Waals surface area contributed by atoms with E-state index < -0.39 is 18.2 Å². The SMILES string of the molecule is NC1CC=NC(C(F)(F)F)=N1. The lowest BCUT2D eigenvalue weighted by molar-refractivity contribution is -0.0602. The van der Waals surface area contributed by atoms with Crippen LogP contribution < -0.4 is 5.73 Å². The first-order valence-electron chi connectivity index (χ1n) is 2.93. The van der Waals surface area contributed by atoms with Gasteiger partial charge in [-0.2, -0.15) is 13.2 Å². The van der Waals surface area contributed by atoms with E-state index >= 15 is 0 Å². The fraction of sp³-hybridized carbons (Fsp3) is 0.600. The van der Waals surface area contributed by atoms with E-state index in [0.717, 1.165) is 6.21 Å². The van der Waals surface area contributed by atoms with Crippen LogP contribution >= 0.6 is 0 Å². The Bertz CT molecular complexity index is 206. The van der Waals surface area contributed by atoms with E-state index in [4.69, 9.17) is 5.73 Å². The van der Waals surface area contributed by atoms with Gasteiger partial charge in [0.25, 0.3) is 0 Å². The second-order valence-corrected chi connectivity index (χ2v) is 2.07. The van der Waals surface area contributed by atoms with E-state index in [-0.39, 0.29) is 6.42 Å². The molecule has 2 N–H and O–H groups in total. The van der Waals surface area contributed by atoms with Crippen molar-refractivity contribution in [3.05, 3.63) is 0 Å². The van der Waals surface area contributed by atoms with Crippen LogP contribution in [0.2, 0.25) is 0 Å². The van der Waals surface area contributed by atoms with Gasteiger partial charge < -0.3 is 5.73 Å². The highest BCUT2D eigenvalue weighted by Crippen LogP contribution is 2.19. The molecule has 0 fully saturated rings. The predicted octanol–water partition coefficient (Wildman–Crippen LogP) is 0.706. The zero-order chi connectivity index (χ0) is 8.48. The maximum absolute atomic E-state index is 11.8. The normalized spacial score (nSPS) is 25.1. The summed E-state index contributed by atoms with van der Waals surface area (Å²) in [6.07, 6.45) is -3.89. The lowest BCUT2D eigenvalue weighted by Gasteiger charge is -2.12. The third kappa shape index (κ3) is 2.01. The van der Waals surface area contributed by atoms with Crippen LogP contribution in [0.4, 0.5) is 13.2 Å². The zero-order valence-corrected chi connectivity index (χ0v) is 5.47. The molecule has 0 aromatic carbocycles. The Balaban J connectivity index is 2.80. The fourth-order valence-electron chi connectivity index (χ4n) is 0.637. The molecular formula is C5H6F3N3. The van der Waals surface area contributed by atoms with Gasteiger partial charge in [0.05, 0.1) is 0 Å². The summed E-state index contributed by atoms with van der Waals surface area (Å²) in [5.74, 6) is -1.14. The van der Waals surface area contributed by atoms with E-state index in [1.807, 2.05) is 0 Å². The number of hydrogen-bond acceptors (Lipinski definition) is 3. The summed E-state index contributed by atoms with van der Waals surface area (Å²) in [5.41, 5.74) is 5.14. The van der Waals surface area contributed by atoms with Crippen LogP contribution in [0, 0.1) is 0 Å². The maximum Gasteiger partial charge on any atom is 0.451 e. The van der Waals surface area contributed by atoms with Crippen molar-refractivity contribution in [2.45, 2.75) is 18.8 Å². The number of rotatable bonds is 0. The molecule has 0 saturated heterocycles. The van der Waals surface area contributed by atoms with Gasteiger partial charge in [-0.25, -0.2) is 9.98 Å². The minimum Gasteiger partial charge on any atom is -0.309 e. The number of halogens is 3. The molecule has 11 heavy (non-hydrogen) atoms. The van der Waals surface area contributed by atoms with Crippen molar-refractivity contribution < 1.29 is 13.2 Å². The van der Waals surface area contributed by atoms with Crippen LogP contribution in [0.15, 0.2) is 9.98 Å². The third-order valence-electron chi connectivity index (χ3n) is 1.10. The maximum atomic E-state index is 11.8. The molecule has 0 bridgehead atoms. The summed E-state index contributed by atoms with van der Waals surface area (Å²) in [5, 5.41) is 0. The number of nitrogens with zero attached hydrogens (tertiary/aromatic N) is 2. The van der Waals surface area contributed by atoms with E-state index in [9.17, 15) is 13.2 Å². The van der Waals surface area contributed by atoms with Crippen molar-refractivity contribution in [1.82, 2.24) is 0 Å². The first-order valence-corrected chi connectivity index (χ1v) is 2.93. The van der Waals surface area contributed by atoms with E-state index in [1.54, 1.807) is 0 Å². The van der Waals surface area contributed by atoms with Crippen LogP contribution in [-0.2, 0) is 0 Å². The summed E-state index contributed by atoms with van der Waals surface area (Å²) in [6, 6.07) is 0. The fourth-order valence-corrected chi connectivity index (χ4v) is 0.637. The lowest BCUT2D eigenvalue weighted by Crippen LogP contribution is -2.30. The Kier molecular flexibility index (Phi) is 1.95. The molecule has 0 radical (unpaired) electrons. The van der Waals surface area contributed by atoms with Crippen LogP contribution in [0.5, 0.6) is 0 Å². The van der Waals surface area contributed by atoms with Crippen molar-refractivity contribution in [2.75, 3.05) is 0 Å². The van der Waals surface area contributed by atoms with Crippen molar-refractivity contribution >= 4 is 12.1 Å². The van der Waals surface area contributed by atoms with Gasteiger partial charge in [0.2, 0.25) is 5.84 Å². The molecule has 0 aromatic rings. The second-order valence-electron chi connectivity index (χ2n) is 2.07. The Morgan fingerprint density at radius 3 is 2.55 bits per heavy atom. The van der Waals surface area contributed by atoms with Crippen LogP contribution in [0.1, 0.15) is 6.42 Å². The molecule has 1 unspecified atom stereocenters. The molecule has 0 amide bonds. The van der Waals surface area contributed by atoms with Gasteiger partial charge in [0, 0.05) is 12.6 Å². The van der Waals surface area contributed by atoms with Gasteiger partial charge in [-0.3, -0.25) is 0 Å². The average Bonchev–Trinajstić information content (AvgIpc) is 1.86. The molecule has 0 aromatic heterocycles. The Labute approximate surface area is 60.8 Å². The minimum atomic E-state index is -4.48. The molecule has 6 heteroatoms. The highest BCUT2D eigenvalue weighted by molar-refractivity contribution is 5.95. The van der Waals surface area contributed by atoms with Gasteiger partial charge >= 0.3 is 6.18 Å². The summed E-state index contributed by atoms with van der Waals surface area (Å²) in [4.78, 5) is 6.20. The molecule has 0 saturated carbocycles. The Hall–Kier alpha value is -0.910. The summed E-state index contributed by atoms with van der Waals surface area (Å²) >= 11 is 0. The lowest BCUT2D eigenvalue weighted by atomic mass is 10.3. The zero-order valence-electron chi connectivity index (χ0n) is 5.47. The second kappa shape index (κ2) is 2.61. The molecule has 0 aliphatic carbocycles. The van der Waals surface area contributed by atoms with Crippen molar-refractivity contribution in [3.63, 3.8) is 0 Å². The standard InChI is InChI=1S/C5H6F3N3/c6-5(7,8)4-10-2-1-3(9)11-4/h2-3H,1,9H2. The number of nitrogens with two attached hydrogens (primary N) is 1. The number of amidine groups is 1. The number of aliphatic imine (C=N–C) groups is 2. The third-order valence-corrected chi connectivity index (χ3v) is 1.10. The molecule has 1 rings (SSSR count). The summed E-state index contributed by atoms with van der Waals surface area (Å²) in [7, 11) is 0. The van der Waals surface area contributed by atoms with Gasteiger partial charge in [0.15, 0.2) is 0 Å². The highest BCUT2D eigenvalue weighted by Gasteiger charge is 2.36. The highest BCUT2D eigenvalue weighted by atomic mass is 19.4. The van der Waals surface area contributed by atoms with Gasteiger partial charge in [-0.05, 0) is 0 Å². The number of alkyl halides is 3. The minimum absolute atomic E-state index is 0.263. The van der Waals surface area contributed by atoms with E-state index in [2.05, 4.69) is 9.98 Å². The molecule has 1 aliphatic rings. The largest absolute Gasteiger partial charge is 0.451 e. The Morgan fingerprint density at radius 1 is 1.55 bits per heavy atom. The van der Waals surface area contributed by atoms with E-state index in [0.29, 0.717) is 0 Å². The van der Waals surface area contributed by atoms with Crippen LogP contribution in [0.3, 0.4) is 0 Å². The van der Waals surface area contributed by atoms with Crippen LogP contribution in [-0.4, -0.2) is 24.4 Å². The first kappa shape index (κ1) is 8.19. The Morgan fingerprint density at radius 2 is 2.18 bits per heavy atom.